The van der Waals surface area contributed by atoms with Crippen LogP contribution in [0.5, 0.6) is 0 Å². The fourth-order valence-electron chi connectivity index (χ4n) is 3.07. The van der Waals surface area contributed by atoms with Crippen LogP contribution in [0.3, 0.4) is 0 Å². The molecule has 1 aromatic carbocycles. The molecule has 1 amide bonds. The molecule has 1 saturated heterocycles. The molecule has 0 saturated carbocycles. The molecule has 1 aliphatic heterocycles. The fraction of sp³-hybridized carbons (Fsp3) is 0.500. The van der Waals surface area contributed by atoms with Gasteiger partial charge in [0.1, 0.15) is 17.5 Å². The zero-order valence-electron chi connectivity index (χ0n) is 16.1. The molecular weight excluding hydrogens is 345 g/mol. The SMILES string of the molecule is CCN(CC)CCN/C=C(/C#N)C(=O)N1CCN(c2ccc(F)cc2)CC1. The monoisotopic (exact) mass is 373 g/mol. The van der Waals surface area contributed by atoms with Gasteiger partial charge >= 0.3 is 0 Å². The second-order valence-electron chi connectivity index (χ2n) is 6.41. The summed E-state index contributed by atoms with van der Waals surface area (Å²) < 4.78 is 13.0. The summed E-state index contributed by atoms with van der Waals surface area (Å²) in [5.41, 5.74) is 1.07. The van der Waals surface area contributed by atoms with E-state index in [-0.39, 0.29) is 17.3 Å². The van der Waals surface area contributed by atoms with E-state index in [2.05, 4.69) is 29.0 Å². The van der Waals surface area contributed by atoms with Crippen LogP contribution in [0.25, 0.3) is 0 Å². The van der Waals surface area contributed by atoms with Crippen molar-refractivity contribution in [2.24, 2.45) is 0 Å². The Morgan fingerprint density at radius 3 is 2.41 bits per heavy atom. The Balaban J connectivity index is 1.84. The maximum Gasteiger partial charge on any atom is 0.266 e. The van der Waals surface area contributed by atoms with E-state index in [0.29, 0.717) is 32.7 Å². The second-order valence-corrected chi connectivity index (χ2v) is 6.41. The highest BCUT2D eigenvalue weighted by Crippen LogP contribution is 2.17. The minimum atomic E-state index is -0.259. The molecular formula is C20H28FN5O. The number of benzene rings is 1. The molecule has 0 aromatic heterocycles. The number of piperazine rings is 1. The van der Waals surface area contributed by atoms with Crippen LogP contribution in [0, 0.1) is 17.1 Å². The van der Waals surface area contributed by atoms with Crippen LogP contribution in [-0.4, -0.2) is 68.1 Å². The van der Waals surface area contributed by atoms with E-state index in [4.69, 9.17) is 0 Å². The number of carbonyl (C=O) groups is 1. The largest absolute Gasteiger partial charge is 0.388 e. The number of nitriles is 1. The van der Waals surface area contributed by atoms with Gasteiger partial charge in [-0.3, -0.25) is 4.79 Å². The predicted molar refractivity (Wildman–Crippen MR) is 105 cm³/mol. The van der Waals surface area contributed by atoms with Crippen molar-refractivity contribution in [2.75, 3.05) is 57.3 Å². The highest BCUT2D eigenvalue weighted by molar-refractivity contribution is 5.97. The topological polar surface area (TPSA) is 62.6 Å². The number of nitrogens with one attached hydrogen (secondary N) is 1. The summed E-state index contributed by atoms with van der Waals surface area (Å²) >= 11 is 0. The minimum Gasteiger partial charge on any atom is -0.388 e. The van der Waals surface area contributed by atoms with E-state index < -0.39 is 0 Å². The molecule has 2 rings (SSSR count). The smallest absolute Gasteiger partial charge is 0.266 e. The van der Waals surface area contributed by atoms with Gasteiger partial charge in [-0.1, -0.05) is 13.8 Å². The standard InChI is InChI=1S/C20H28FN5O/c1-3-24(4-2)10-9-23-16-17(15-22)20(27)26-13-11-25(12-14-26)19-7-5-18(21)6-8-19/h5-8,16,23H,3-4,9-14H2,1-2H3/b17-16-. The third-order valence-corrected chi connectivity index (χ3v) is 4.82. The maximum atomic E-state index is 13.0. The molecule has 1 fully saturated rings. The van der Waals surface area contributed by atoms with Gasteiger partial charge in [0.05, 0.1) is 0 Å². The quantitative estimate of drug-likeness (QED) is 0.428. The Morgan fingerprint density at radius 1 is 1.22 bits per heavy atom. The van der Waals surface area contributed by atoms with Gasteiger partial charge in [-0.05, 0) is 37.4 Å². The van der Waals surface area contributed by atoms with E-state index in [1.165, 1.54) is 18.3 Å². The highest BCUT2D eigenvalue weighted by Gasteiger charge is 2.23. The summed E-state index contributed by atoms with van der Waals surface area (Å²) in [6, 6.07) is 8.36. The van der Waals surface area contributed by atoms with Crippen LogP contribution in [0.1, 0.15) is 13.8 Å². The van der Waals surface area contributed by atoms with Gasteiger partial charge in [-0.15, -0.1) is 0 Å². The van der Waals surface area contributed by atoms with Gasteiger partial charge in [0.25, 0.3) is 5.91 Å². The van der Waals surface area contributed by atoms with E-state index in [9.17, 15) is 14.4 Å². The number of rotatable bonds is 8. The number of nitrogens with zero attached hydrogens (tertiary/aromatic N) is 4. The number of anilines is 1. The van der Waals surface area contributed by atoms with Gasteiger partial charge in [0.2, 0.25) is 0 Å². The normalized spacial score (nSPS) is 15.0. The maximum absolute atomic E-state index is 13.0. The van der Waals surface area contributed by atoms with E-state index >= 15 is 0 Å². The summed E-state index contributed by atoms with van der Waals surface area (Å²) in [6.45, 7) is 10.1. The number of likely N-dealkylation sites (N-methyl/N-ethyl adjacent to an activating group) is 1. The van der Waals surface area contributed by atoms with Gasteiger partial charge in [-0.2, -0.15) is 5.26 Å². The Morgan fingerprint density at radius 2 is 1.85 bits per heavy atom. The van der Waals surface area contributed by atoms with Crippen LogP contribution in [0.15, 0.2) is 36.0 Å². The number of amides is 1. The lowest BCUT2D eigenvalue weighted by molar-refractivity contribution is -0.127. The van der Waals surface area contributed by atoms with E-state index in [1.807, 2.05) is 6.07 Å². The average Bonchev–Trinajstić information content (AvgIpc) is 2.71. The lowest BCUT2D eigenvalue weighted by Crippen LogP contribution is -2.49. The summed E-state index contributed by atoms with van der Waals surface area (Å²) in [7, 11) is 0. The first-order valence-electron chi connectivity index (χ1n) is 9.44. The molecule has 0 aliphatic carbocycles. The Kier molecular flexibility index (Phi) is 8.08. The molecule has 6 nitrogen and oxygen atoms in total. The summed E-state index contributed by atoms with van der Waals surface area (Å²) in [4.78, 5) is 18.6. The van der Waals surface area contributed by atoms with Crippen molar-refractivity contribution in [3.8, 4) is 6.07 Å². The third kappa shape index (κ3) is 5.97. The molecule has 0 radical (unpaired) electrons. The molecule has 1 N–H and O–H groups in total. The van der Waals surface area contributed by atoms with Crippen LogP contribution < -0.4 is 10.2 Å². The highest BCUT2D eigenvalue weighted by atomic mass is 19.1. The van der Waals surface area contributed by atoms with Crippen molar-refractivity contribution >= 4 is 11.6 Å². The zero-order chi connectivity index (χ0) is 19.6. The molecule has 0 spiro atoms. The van der Waals surface area contributed by atoms with Crippen molar-refractivity contribution in [3.63, 3.8) is 0 Å². The summed E-state index contributed by atoms with van der Waals surface area (Å²) in [5, 5.41) is 12.4. The Hall–Kier alpha value is -2.59. The number of carbonyl (C=O) groups excluding carboxylic acids is 1. The zero-order valence-corrected chi connectivity index (χ0v) is 16.1. The number of hydrogen-bond acceptors (Lipinski definition) is 5. The molecule has 1 aliphatic rings. The van der Waals surface area contributed by atoms with Crippen molar-refractivity contribution in [2.45, 2.75) is 13.8 Å². The number of halogens is 1. The lowest BCUT2D eigenvalue weighted by Gasteiger charge is -2.36. The first-order valence-corrected chi connectivity index (χ1v) is 9.44. The summed E-state index contributed by atoms with van der Waals surface area (Å²) in [5.74, 6) is -0.503. The predicted octanol–water partition coefficient (Wildman–Crippen LogP) is 1.81. The van der Waals surface area contributed by atoms with Crippen LogP contribution in [0.2, 0.25) is 0 Å². The first kappa shape index (κ1) is 20.7. The van der Waals surface area contributed by atoms with E-state index in [1.54, 1.807) is 17.0 Å². The molecule has 0 bridgehead atoms. The fourth-order valence-corrected chi connectivity index (χ4v) is 3.07. The minimum absolute atomic E-state index is 0.129. The van der Waals surface area contributed by atoms with Gasteiger partial charge in [0.15, 0.2) is 0 Å². The van der Waals surface area contributed by atoms with Crippen molar-refractivity contribution in [1.82, 2.24) is 15.1 Å². The lowest BCUT2D eigenvalue weighted by atomic mass is 10.2. The molecule has 27 heavy (non-hydrogen) atoms. The molecule has 0 unspecified atom stereocenters. The van der Waals surface area contributed by atoms with Crippen molar-refractivity contribution < 1.29 is 9.18 Å². The molecule has 0 atom stereocenters. The second kappa shape index (κ2) is 10.5. The van der Waals surface area contributed by atoms with Gasteiger partial charge < -0.3 is 20.0 Å². The Labute approximate surface area is 160 Å². The van der Waals surface area contributed by atoms with Gasteiger partial charge in [0, 0.05) is 51.2 Å². The van der Waals surface area contributed by atoms with Crippen molar-refractivity contribution in [1.29, 1.82) is 5.26 Å². The molecule has 1 aromatic rings. The van der Waals surface area contributed by atoms with Crippen LogP contribution in [0.4, 0.5) is 10.1 Å². The third-order valence-electron chi connectivity index (χ3n) is 4.82. The molecule has 1 heterocycles. The molecule has 7 heteroatoms. The average molecular weight is 373 g/mol. The van der Waals surface area contributed by atoms with Crippen molar-refractivity contribution in [3.05, 3.63) is 41.9 Å². The molecule has 146 valence electrons. The Bertz CT molecular complexity index is 671. The van der Waals surface area contributed by atoms with E-state index in [0.717, 1.165) is 25.3 Å². The van der Waals surface area contributed by atoms with Gasteiger partial charge in [-0.25, -0.2) is 4.39 Å². The van der Waals surface area contributed by atoms with Crippen LogP contribution in [-0.2, 0) is 4.79 Å². The first-order chi connectivity index (χ1) is 13.1. The van der Waals surface area contributed by atoms with Crippen LogP contribution >= 0.6 is 0 Å². The summed E-state index contributed by atoms with van der Waals surface area (Å²) in [6.07, 6.45) is 1.53. The number of hydrogen-bond donors (Lipinski definition) is 1.